The molecule has 0 radical (unpaired) electrons. The fraction of sp³-hybridized carbons (Fsp3) is 0.294. The highest BCUT2D eigenvalue weighted by molar-refractivity contribution is 5.15. The molecule has 0 aliphatic carbocycles. The summed E-state index contributed by atoms with van der Waals surface area (Å²) >= 11 is 0. The molecule has 0 atom stereocenters. The van der Waals surface area contributed by atoms with Gasteiger partial charge in [-0.15, -0.1) is 0 Å². The van der Waals surface area contributed by atoms with Gasteiger partial charge in [-0.3, -0.25) is 0 Å². The van der Waals surface area contributed by atoms with Crippen LogP contribution in [0.4, 0.5) is 0 Å². The molecule has 0 aromatic heterocycles. The summed E-state index contributed by atoms with van der Waals surface area (Å²) in [7, 11) is 4.60. The molecule has 0 aliphatic heterocycles. The van der Waals surface area contributed by atoms with Crippen LogP contribution in [0, 0.1) is 0 Å². The topological polar surface area (TPSA) is 0 Å². The Bertz CT molecular complexity index is 459. The van der Waals surface area contributed by atoms with Gasteiger partial charge in [0.2, 0.25) is 0 Å². The Kier molecular flexibility index (Phi) is 4.16. The highest BCUT2D eigenvalue weighted by atomic mass is 15.3. The molecule has 0 spiro atoms. The predicted octanol–water partition coefficient (Wildman–Crippen LogP) is 3.51. The summed E-state index contributed by atoms with van der Waals surface area (Å²) in [6.45, 7) is 2.26. The van der Waals surface area contributed by atoms with E-state index in [1.807, 2.05) is 0 Å². The first kappa shape index (κ1) is 12.8. The summed E-state index contributed by atoms with van der Waals surface area (Å²) in [6, 6.07) is 21.5. The van der Waals surface area contributed by atoms with Gasteiger partial charge in [0.15, 0.2) is 0 Å². The summed E-state index contributed by atoms with van der Waals surface area (Å²) < 4.78 is 1.03. The van der Waals surface area contributed by atoms with E-state index in [1.165, 1.54) is 17.7 Å². The van der Waals surface area contributed by atoms with Gasteiger partial charge in [-0.2, -0.15) is 0 Å². The van der Waals surface area contributed by atoms with Gasteiger partial charge in [-0.1, -0.05) is 60.7 Å². The van der Waals surface area contributed by atoms with E-state index in [2.05, 4.69) is 74.8 Å². The van der Waals surface area contributed by atoms with Crippen LogP contribution in [0.5, 0.6) is 0 Å². The molecule has 1 heteroatoms. The van der Waals surface area contributed by atoms with Crippen molar-refractivity contribution in [3.8, 4) is 0 Å². The highest BCUT2D eigenvalue weighted by Gasteiger charge is 2.15. The van der Waals surface area contributed by atoms with Crippen LogP contribution in [0.1, 0.15) is 11.1 Å². The Morgan fingerprint density at radius 3 is 1.78 bits per heavy atom. The third-order valence-electron chi connectivity index (χ3n) is 3.30. The van der Waals surface area contributed by atoms with E-state index in [1.54, 1.807) is 0 Å². The van der Waals surface area contributed by atoms with Crippen LogP contribution in [0.2, 0.25) is 0 Å². The summed E-state index contributed by atoms with van der Waals surface area (Å²) in [4.78, 5) is 0. The molecular formula is C17H22N+. The standard InChI is InChI=1S/C17H22N/c1-18(2,15-17-11-7-4-8-12-17)14-13-16-9-5-3-6-10-16/h3-12H,13-15H2,1-2H3/q+1. The second-order valence-corrected chi connectivity index (χ2v) is 5.54. The van der Waals surface area contributed by atoms with Gasteiger partial charge in [0, 0.05) is 12.0 Å². The first-order chi connectivity index (χ1) is 8.66. The highest BCUT2D eigenvalue weighted by Crippen LogP contribution is 2.11. The molecule has 2 aromatic rings. The molecule has 2 aromatic carbocycles. The lowest BCUT2D eigenvalue weighted by Crippen LogP contribution is -2.40. The van der Waals surface area contributed by atoms with Crippen LogP contribution in [-0.2, 0) is 13.0 Å². The maximum Gasteiger partial charge on any atom is 0.104 e. The molecule has 0 aliphatic rings. The number of benzene rings is 2. The molecule has 2 rings (SSSR count). The van der Waals surface area contributed by atoms with E-state index in [4.69, 9.17) is 0 Å². The summed E-state index contributed by atoms with van der Waals surface area (Å²) in [6.07, 6.45) is 1.14. The fourth-order valence-electron chi connectivity index (χ4n) is 2.23. The molecule has 0 unspecified atom stereocenters. The van der Waals surface area contributed by atoms with Crippen LogP contribution in [0.15, 0.2) is 60.7 Å². The Hall–Kier alpha value is -1.60. The normalized spacial score (nSPS) is 11.4. The van der Waals surface area contributed by atoms with Crippen molar-refractivity contribution >= 4 is 0 Å². The van der Waals surface area contributed by atoms with E-state index in [0.717, 1.165) is 17.4 Å². The molecule has 94 valence electrons. The Balaban J connectivity index is 1.91. The summed E-state index contributed by atoms with van der Waals surface area (Å²) in [5.41, 5.74) is 2.84. The molecule has 0 fully saturated rings. The van der Waals surface area contributed by atoms with Gasteiger partial charge in [-0.05, 0) is 5.56 Å². The third kappa shape index (κ3) is 4.01. The minimum absolute atomic E-state index is 1.03. The summed E-state index contributed by atoms with van der Waals surface area (Å²) in [5.74, 6) is 0. The van der Waals surface area contributed by atoms with E-state index >= 15 is 0 Å². The number of hydrogen-bond donors (Lipinski definition) is 0. The molecule has 18 heavy (non-hydrogen) atoms. The molecule has 0 N–H and O–H groups in total. The van der Waals surface area contributed by atoms with Gasteiger partial charge in [-0.25, -0.2) is 0 Å². The maximum absolute atomic E-state index is 2.30. The smallest absolute Gasteiger partial charge is 0.104 e. The van der Waals surface area contributed by atoms with Crippen LogP contribution in [0.25, 0.3) is 0 Å². The molecule has 0 heterocycles. The van der Waals surface area contributed by atoms with Crippen molar-refractivity contribution in [2.75, 3.05) is 20.6 Å². The quantitative estimate of drug-likeness (QED) is 0.702. The Labute approximate surface area is 110 Å². The van der Waals surface area contributed by atoms with E-state index in [0.29, 0.717) is 0 Å². The predicted molar refractivity (Wildman–Crippen MR) is 77.3 cm³/mol. The van der Waals surface area contributed by atoms with Gasteiger partial charge in [0.1, 0.15) is 6.54 Å². The first-order valence-corrected chi connectivity index (χ1v) is 6.56. The zero-order chi connectivity index (χ0) is 12.8. The van der Waals surface area contributed by atoms with Crippen molar-refractivity contribution < 1.29 is 4.48 Å². The minimum atomic E-state index is 1.03. The third-order valence-corrected chi connectivity index (χ3v) is 3.30. The van der Waals surface area contributed by atoms with Gasteiger partial charge < -0.3 is 4.48 Å². The zero-order valence-electron chi connectivity index (χ0n) is 11.3. The van der Waals surface area contributed by atoms with Gasteiger partial charge >= 0.3 is 0 Å². The Morgan fingerprint density at radius 2 is 1.22 bits per heavy atom. The average Bonchev–Trinajstić information content (AvgIpc) is 2.38. The number of likely N-dealkylation sites (N-methyl/N-ethyl adjacent to an activating group) is 1. The SMILES string of the molecule is C[N+](C)(CCc1ccccc1)Cc1ccccc1. The maximum atomic E-state index is 2.30. The van der Waals surface area contributed by atoms with Crippen LogP contribution in [0.3, 0.4) is 0 Å². The Morgan fingerprint density at radius 1 is 0.722 bits per heavy atom. The van der Waals surface area contributed by atoms with Crippen molar-refractivity contribution in [1.82, 2.24) is 0 Å². The largest absolute Gasteiger partial charge is 0.324 e. The first-order valence-electron chi connectivity index (χ1n) is 6.56. The lowest BCUT2D eigenvalue weighted by molar-refractivity contribution is -0.903. The van der Waals surface area contributed by atoms with Crippen molar-refractivity contribution in [3.05, 3.63) is 71.8 Å². The van der Waals surface area contributed by atoms with Crippen LogP contribution in [-0.4, -0.2) is 25.1 Å². The molecule has 0 amide bonds. The lowest BCUT2D eigenvalue weighted by Gasteiger charge is -2.30. The van der Waals surface area contributed by atoms with E-state index in [-0.39, 0.29) is 0 Å². The van der Waals surface area contributed by atoms with Gasteiger partial charge in [0.05, 0.1) is 20.6 Å². The fourth-order valence-corrected chi connectivity index (χ4v) is 2.23. The molecule has 0 bridgehead atoms. The van der Waals surface area contributed by atoms with Crippen molar-refractivity contribution in [2.45, 2.75) is 13.0 Å². The minimum Gasteiger partial charge on any atom is -0.324 e. The lowest BCUT2D eigenvalue weighted by atomic mass is 10.1. The summed E-state index contributed by atoms with van der Waals surface area (Å²) in [5, 5.41) is 0. The average molecular weight is 240 g/mol. The molecular weight excluding hydrogens is 218 g/mol. The van der Waals surface area contributed by atoms with Crippen LogP contribution >= 0.6 is 0 Å². The van der Waals surface area contributed by atoms with Crippen molar-refractivity contribution in [1.29, 1.82) is 0 Å². The molecule has 0 saturated heterocycles. The number of hydrogen-bond acceptors (Lipinski definition) is 0. The van der Waals surface area contributed by atoms with Gasteiger partial charge in [0.25, 0.3) is 0 Å². The van der Waals surface area contributed by atoms with E-state index < -0.39 is 0 Å². The van der Waals surface area contributed by atoms with E-state index in [9.17, 15) is 0 Å². The second-order valence-electron chi connectivity index (χ2n) is 5.54. The zero-order valence-corrected chi connectivity index (χ0v) is 11.3. The molecule has 1 nitrogen and oxygen atoms in total. The monoisotopic (exact) mass is 240 g/mol. The van der Waals surface area contributed by atoms with Crippen LogP contribution < -0.4 is 0 Å². The number of quaternary nitrogens is 1. The number of nitrogens with zero attached hydrogens (tertiary/aromatic N) is 1. The number of rotatable bonds is 5. The van der Waals surface area contributed by atoms with Crippen molar-refractivity contribution in [3.63, 3.8) is 0 Å². The second kappa shape index (κ2) is 5.83. The van der Waals surface area contributed by atoms with Crippen molar-refractivity contribution in [2.24, 2.45) is 0 Å². The molecule has 0 saturated carbocycles.